The molecule has 0 atom stereocenters. The molecule has 0 aromatic carbocycles. The van der Waals surface area contributed by atoms with Gasteiger partial charge in [-0.3, -0.25) is 9.78 Å². The summed E-state index contributed by atoms with van der Waals surface area (Å²) in [5.74, 6) is -0.818. The van der Waals surface area contributed by atoms with Gasteiger partial charge in [0.25, 0.3) is 0 Å². The lowest BCUT2D eigenvalue weighted by Crippen LogP contribution is -2.04. The van der Waals surface area contributed by atoms with Crippen molar-refractivity contribution in [2.45, 2.75) is 18.6 Å². The summed E-state index contributed by atoms with van der Waals surface area (Å²) in [4.78, 5) is 18.8. The van der Waals surface area contributed by atoms with Crippen LogP contribution >= 0.6 is 11.8 Å². The van der Waals surface area contributed by atoms with Crippen molar-refractivity contribution in [1.29, 1.82) is 0 Å². The number of carbonyl (C=O) groups is 1. The zero-order valence-electron chi connectivity index (χ0n) is 9.91. The molecule has 0 saturated heterocycles. The van der Waals surface area contributed by atoms with Gasteiger partial charge in [-0.25, -0.2) is 4.98 Å². The molecule has 2 rings (SSSR count). The second-order valence-corrected chi connectivity index (χ2v) is 4.76. The first-order valence-electron chi connectivity index (χ1n) is 5.42. The number of aromatic nitrogens is 3. The van der Waals surface area contributed by atoms with Crippen LogP contribution in [0.3, 0.4) is 0 Å². The summed E-state index contributed by atoms with van der Waals surface area (Å²) < 4.78 is 1.94. The van der Waals surface area contributed by atoms with Gasteiger partial charge in [0.2, 0.25) is 0 Å². The molecule has 0 amide bonds. The number of carboxylic acid groups (broad SMARTS) is 1. The Bertz CT molecular complexity index is 554. The molecule has 18 heavy (non-hydrogen) atoms. The van der Waals surface area contributed by atoms with Gasteiger partial charge in [-0.05, 0) is 24.1 Å². The SMILES string of the molecule is Cc1cnccc1Cn1ccnc1SCC(=O)O. The predicted molar refractivity (Wildman–Crippen MR) is 68.7 cm³/mol. The lowest BCUT2D eigenvalue weighted by atomic mass is 10.1. The number of rotatable bonds is 5. The van der Waals surface area contributed by atoms with E-state index in [1.807, 2.05) is 30.0 Å². The Morgan fingerprint density at radius 3 is 3.06 bits per heavy atom. The highest BCUT2D eigenvalue weighted by atomic mass is 32.2. The van der Waals surface area contributed by atoms with Crippen molar-refractivity contribution >= 4 is 17.7 Å². The second-order valence-electron chi connectivity index (χ2n) is 3.82. The van der Waals surface area contributed by atoms with Crippen LogP contribution in [0.5, 0.6) is 0 Å². The number of pyridine rings is 1. The van der Waals surface area contributed by atoms with Crippen molar-refractivity contribution in [2.24, 2.45) is 0 Å². The Morgan fingerprint density at radius 1 is 1.50 bits per heavy atom. The fourth-order valence-electron chi connectivity index (χ4n) is 1.55. The van der Waals surface area contributed by atoms with E-state index in [0.29, 0.717) is 11.7 Å². The van der Waals surface area contributed by atoms with Crippen LogP contribution in [0.15, 0.2) is 36.0 Å². The zero-order valence-corrected chi connectivity index (χ0v) is 10.7. The van der Waals surface area contributed by atoms with Crippen molar-refractivity contribution in [2.75, 3.05) is 5.75 Å². The summed E-state index contributed by atoms with van der Waals surface area (Å²) in [7, 11) is 0. The summed E-state index contributed by atoms with van der Waals surface area (Å²) in [5.41, 5.74) is 2.26. The molecule has 0 saturated carbocycles. The molecule has 5 nitrogen and oxygen atoms in total. The maximum absolute atomic E-state index is 10.6. The Kier molecular flexibility index (Phi) is 3.99. The molecular weight excluding hydrogens is 250 g/mol. The quantitative estimate of drug-likeness (QED) is 0.833. The summed E-state index contributed by atoms with van der Waals surface area (Å²) in [6.07, 6.45) is 7.10. The molecule has 2 aromatic rings. The van der Waals surface area contributed by atoms with Crippen LogP contribution in [0.2, 0.25) is 0 Å². The molecule has 0 spiro atoms. The Hall–Kier alpha value is -1.82. The van der Waals surface area contributed by atoms with Crippen LogP contribution in [0.1, 0.15) is 11.1 Å². The number of carboxylic acids is 1. The van der Waals surface area contributed by atoms with Crippen molar-refractivity contribution in [3.8, 4) is 0 Å². The van der Waals surface area contributed by atoms with E-state index in [2.05, 4.69) is 9.97 Å². The van der Waals surface area contributed by atoms with Gasteiger partial charge < -0.3 is 9.67 Å². The molecule has 1 N–H and O–H groups in total. The van der Waals surface area contributed by atoms with Gasteiger partial charge in [-0.2, -0.15) is 0 Å². The Balaban J connectivity index is 2.12. The van der Waals surface area contributed by atoms with E-state index in [4.69, 9.17) is 5.11 Å². The molecule has 0 radical (unpaired) electrons. The van der Waals surface area contributed by atoms with Crippen LogP contribution in [0, 0.1) is 6.92 Å². The van der Waals surface area contributed by atoms with E-state index >= 15 is 0 Å². The maximum Gasteiger partial charge on any atom is 0.313 e. The molecule has 0 aliphatic carbocycles. The molecular formula is C12H13N3O2S. The first-order chi connectivity index (χ1) is 8.66. The number of hydrogen-bond donors (Lipinski definition) is 1. The lowest BCUT2D eigenvalue weighted by molar-refractivity contribution is -0.133. The van der Waals surface area contributed by atoms with Crippen molar-refractivity contribution in [1.82, 2.24) is 14.5 Å². The second kappa shape index (κ2) is 5.68. The summed E-state index contributed by atoms with van der Waals surface area (Å²) in [6.45, 7) is 2.68. The van der Waals surface area contributed by atoms with Gasteiger partial charge >= 0.3 is 5.97 Å². The van der Waals surface area contributed by atoms with Gasteiger partial charge in [0, 0.05) is 31.3 Å². The van der Waals surface area contributed by atoms with Gasteiger partial charge in [0.05, 0.1) is 5.75 Å². The molecule has 94 valence electrons. The topological polar surface area (TPSA) is 68.0 Å². The van der Waals surface area contributed by atoms with Gasteiger partial charge in [0.1, 0.15) is 0 Å². The minimum atomic E-state index is -0.838. The summed E-state index contributed by atoms with van der Waals surface area (Å²) >= 11 is 1.22. The van der Waals surface area contributed by atoms with Crippen molar-refractivity contribution in [3.63, 3.8) is 0 Å². The van der Waals surface area contributed by atoms with Gasteiger partial charge in [-0.1, -0.05) is 11.8 Å². The van der Waals surface area contributed by atoms with Gasteiger partial charge in [0.15, 0.2) is 5.16 Å². The third kappa shape index (κ3) is 3.10. The summed E-state index contributed by atoms with van der Waals surface area (Å²) in [6, 6.07) is 1.96. The first-order valence-corrected chi connectivity index (χ1v) is 6.40. The lowest BCUT2D eigenvalue weighted by Gasteiger charge is -2.08. The molecule has 0 aliphatic rings. The molecule has 2 aromatic heterocycles. The highest BCUT2D eigenvalue weighted by Crippen LogP contribution is 2.17. The Morgan fingerprint density at radius 2 is 2.33 bits per heavy atom. The molecule has 6 heteroatoms. The minimum Gasteiger partial charge on any atom is -0.481 e. The largest absolute Gasteiger partial charge is 0.481 e. The van der Waals surface area contributed by atoms with Crippen LogP contribution in [0.25, 0.3) is 0 Å². The highest BCUT2D eigenvalue weighted by Gasteiger charge is 2.07. The monoisotopic (exact) mass is 263 g/mol. The van der Waals surface area contributed by atoms with Gasteiger partial charge in [-0.15, -0.1) is 0 Å². The fourth-order valence-corrected chi connectivity index (χ4v) is 2.22. The third-order valence-corrected chi connectivity index (χ3v) is 3.47. The van der Waals surface area contributed by atoms with Crippen LogP contribution in [-0.4, -0.2) is 31.4 Å². The molecule has 0 fully saturated rings. The van der Waals surface area contributed by atoms with E-state index in [1.165, 1.54) is 11.8 Å². The van der Waals surface area contributed by atoms with Crippen LogP contribution < -0.4 is 0 Å². The summed E-state index contributed by atoms with van der Waals surface area (Å²) in [5, 5.41) is 9.39. The average Bonchev–Trinajstić information content (AvgIpc) is 2.77. The predicted octanol–water partition coefficient (Wildman–Crippen LogP) is 1.81. The highest BCUT2D eigenvalue weighted by molar-refractivity contribution is 7.99. The number of imidazole rings is 1. The van der Waals surface area contributed by atoms with E-state index < -0.39 is 5.97 Å². The van der Waals surface area contributed by atoms with E-state index in [0.717, 1.165) is 11.1 Å². The maximum atomic E-state index is 10.6. The standard InChI is InChI=1S/C12H13N3O2S/c1-9-6-13-3-2-10(9)7-15-5-4-14-12(15)18-8-11(16)17/h2-6H,7-8H2,1H3,(H,16,17). The van der Waals surface area contributed by atoms with Crippen LogP contribution in [0.4, 0.5) is 0 Å². The fraction of sp³-hybridized carbons (Fsp3) is 0.250. The Labute approximate surface area is 109 Å². The first kappa shape index (κ1) is 12.6. The number of hydrogen-bond acceptors (Lipinski definition) is 4. The molecule has 0 aliphatic heterocycles. The minimum absolute atomic E-state index is 0.0202. The normalized spacial score (nSPS) is 10.5. The number of aliphatic carboxylic acids is 1. The average molecular weight is 263 g/mol. The van der Waals surface area contributed by atoms with E-state index in [-0.39, 0.29) is 5.75 Å². The molecule has 2 heterocycles. The smallest absolute Gasteiger partial charge is 0.313 e. The molecule has 0 unspecified atom stereocenters. The molecule has 0 bridgehead atoms. The van der Waals surface area contributed by atoms with Crippen LogP contribution in [-0.2, 0) is 11.3 Å². The number of aryl methyl sites for hydroxylation is 1. The number of thioether (sulfide) groups is 1. The number of nitrogens with zero attached hydrogens (tertiary/aromatic N) is 3. The van der Waals surface area contributed by atoms with E-state index in [9.17, 15) is 4.79 Å². The van der Waals surface area contributed by atoms with Crippen molar-refractivity contribution < 1.29 is 9.90 Å². The third-order valence-electron chi connectivity index (χ3n) is 2.48. The van der Waals surface area contributed by atoms with E-state index in [1.54, 1.807) is 12.4 Å². The zero-order chi connectivity index (χ0) is 13.0. The van der Waals surface area contributed by atoms with Crippen molar-refractivity contribution in [3.05, 3.63) is 42.0 Å².